The van der Waals surface area contributed by atoms with E-state index in [9.17, 15) is 4.79 Å². The molecular weight excluding hydrogens is 308 g/mol. The zero-order chi connectivity index (χ0) is 15.6. The second kappa shape index (κ2) is 5.85. The first-order chi connectivity index (χ1) is 11.3. The Labute approximate surface area is 137 Å². The van der Waals surface area contributed by atoms with Crippen LogP contribution in [0.25, 0.3) is 10.6 Å². The van der Waals surface area contributed by atoms with Crippen molar-refractivity contribution in [3.63, 3.8) is 0 Å². The maximum absolute atomic E-state index is 12.4. The van der Waals surface area contributed by atoms with Gasteiger partial charge in [-0.05, 0) is 23.8 Å². The summed E-state index contributed by atoms with van der Waals surface area (Å²) in [6, 6.07) is 15.5. The largest absolute Gasteiger partial charge is 0.480 e. The van der Waals surface area contributed by atoms with Crippen LogP contribution in [0.15, 0.2) is 60.1 Å². The Morgan fingerprint density at radius 1 is 1.22 bits per heavy atom. The number of ether oxygens (including phenoxy) is 1. The lowest BCUT2D eigenvalue weighted by Gasteiger charge is -2.12. The molecule has 3 aromatic rings. The van der Waals surface area contributed by atoms with Gasteiger partial charge in [0, 0.05) is 29.2 Å². The van der Waals surface area contributed by atoms with E-state index in [0.717, 1.165) is 27.6 Å². The summed E-state index contributed by atoms with van der Waals surface area (Å²) in [4.78, 5) is 16.7. The second-order valence-corrected chi connectivity index (χ2v) is 6.22. The van der Waals surface area contributed by atoms with Gasteiger partial charge in [0.25, 0.3) is 5.91 Å². The smallest absolute Gasteiger partial charge is 0.265 e. The highest BCUT2D eigenvalue weighted by molar-refractivity contribution is 7.13. The predicted molar refractivity (Wildman–Crippen MR) is 90.7 cm³/mol. The number of nitrogens with zero attached hydrogens (tertiary/aromatic N) is 1. The van der Waals surface area contributed by atoms with Crippen LogP contribution in [0.4, 0.5) is 5.69 Å². The molecule has 1 aromatic heterocycles. The number of rotatable bonds is 3. The van der Waals surface area contributed by atoms with Crippen molar-refractivity contribution in [2.45, 2.75) is 12.5 Å². The topological polar surface area (TPSA) is 51.2 Å². The van der Waals surface area contributed by atoms with Gasteiger partial charge in [-0.25, -0.2) is 4.98 Å². The molecule has 4 nitrogen and oxygen atoms in total. The van der Waals surface area contributed by atoms with Crippen molar-refractivity contribution in [2.24, 2.45) is 0 Å². The summed E-state index contributed by atoms with van der Waals surface area (Å²) in [7, 11) is 0. The summed E-state index contributed by atoms with van der Waals surface area (Å²) < 4.78 is 5.72. The number of thiazole rings is 1. The lowest BCUT2D eigenvalue weighted by molar-refractivity contribution is -0.122. The summed E-state index contributed by atoms with van der Waals surface area (Å²) in [6.45, 7) is 0. The van der Waals surface area contributed by atoms with Crippen LogP contribution in [0.3, 0.4) is 0 Å². The Balaban J connectivity index is 1.49. The SMILES string of the molecule is O=C(Nc1cccc(-c2nccs2)c1)[C@H]1Cc2ccccc2O1. The van der Waals surface area contributed by atoms with Crippen LogP contribution in [0, 0.1) is 0 Å². The van der Waals surface area contributed by atoms with Crippen molar-refractivity contribution >= 4 is 22.9 Å². The molecule has 0 aliphatic carbocycles. The molecule has 0 fully saturated rings. The standard InChI is InChI=1S/C18H14N2O2S/c21-17(16-11-12-4-1-2-7-15(12)22-16)20-14-6-3-5-13(10-14)18-19-8-9-23-18/h1-10,16H,11H2,(H,20,21)/t16-/m1/s1. The quantitative estimate of drug-likeness (QED) is 0.799. The highest BCUT2D eigenvalue weighted by Gasteiger charge is 2.28. The van der Waals surface area contributed by atoms with Gasteiger partial charge in [0.15, 0.2) is 6.10 Å². The first kappa shape index (κ1) is 14.0. The first-order valence-electron chi connectivity index (χ1n) is 7.35. The number of fused-ring (bicyclic) bond motifs is 1. The van der Waals surface area contributed by atoms with E-state index in [1.807, 2.05) is 53.9 Å². The minimum absolute atomic E-state index is 0.127. The van der Waals surface area contributed by atoms with Crippen LogP contribution in [-0.2, 0) is 11.2 Å². The molecular formula is C18H14N2O2S. The zero-order valence-corrected chi connectivity index (χ0v) is 13.0. The number of aromatic nitrogens is 1. The van der Waals surface area contributed by atoms with Gasteiger partial charge < -0.3 is 10.1 Å². The van der Waals surface area contributed by atoms with E-state index in [0.29, 0.717) is 6.42 Å². The molecule has 1 atom stereocenters. The predicted octanol–water partition coefficient (Wildman–Crippen LogP) is 3.75. The fourth-order valence-corrected chi connectivity index (χ4v) is 3.28. The average Bonchev–Trinajstić information content (AvgIpc) is 3.24. The zero-order valence-electron chi connectivity index (χ0n) is 12.2. The molecule has 5 heteroatoms. The van der Waals surface area contributed by atoms with E-state index in [1.165, 1.54) is 0 Å². The van der Waals surface area contributed by atoms with E-state index in [2.05, 4.69) is 10.3 Å². The summed E-state index contributed by atoms with van der Waals surface area (Å²) >= 11 is 1.57. The average molecular weight is 322 g/mol. The van der Waals surface area contributed by atoms with Crippen molar-refractivity contribution in [2.75, 3.05) is 5.32 Å². The number of carbonyl (C=O) groups is 1. The normalized spacial score (nSPS) is 15.7. The van der Waals surface area contributed by atoms with Crippen LogP contribution in [-0.4, -0.2) is 17.0 Å². The van der Waals surface area contributed by atoms with Crippen molar-refractivity contribution in [3.8, 4) is 16.3 Å². The lowest BCUT2D eigenvalue weighted by atomic mass is 10.1. The van der Waals surface area contributed by atoms with Gasteiger partial charge in [-0.2, -0.15) is 0 Å². The van der Waals surface area contributed by atoms with Crippen molar-refractivity contribution < 1.29 is 9.53 Å². The van der Waals surface area contributed by atoms with Crippen LogP contribution >= 0.6 is 11.3 Å². The van der Waals surface area contributed by atoms with Crippen LogP contribution in [0.1, 0.15) is 5.56 Å². The van der Waals surface area contributed by atoms with Gasteiger partial charge in [-0.3, -0.25) is 4.79 Å². The third-order valence-corrected chi connectivity index (χ3v) is 4.57. The molecule has 1 N–H and O–H groups in total. The van der Waals surface area contributed by atoms with E-state index < -0.39 is 6.10 Å². The van der Waals surface area contributed by atoms with Gasteiger partial charge >= 0.3 is 0 Å². The Morgan fingerprint density at radius 2 is 2.13 bits per heavy atom. The number of anilines is 1. The van der Waals surface area contributed by atoms with Crippen molar-refractivity contribution in [3.05, 3.63) is 65.7 Å². The molecule has 1 aliphatic rings. The highest BCUT2D eigenvalue weighted by Crippen LogP contribution is 2.29. The number of carbonyl (C=O) groups excluding carboxylic acids is 1. The summed E-state index contributed by atoms with van der Waals surface area (Å²) in [5.41, 5.74) is 2.82. The molecule has 0 bridgehead atoms. The van der Waals surface area contributed by atoms with E-state index in [4.69, 9.17) is 4.74 Å². The number of hydrogen-bond donors (Lipinski definition) is 1. The maximum Gasteiger partial charge on any atom is 0.265 e. The lowest BCUT2D eigenvalue weighted by Crippen LogP contribution is -2.31. The molecule has 0 unspecified atom stereocenters. The molecule has 23 heavy (non-hydrogen) atoms. The summed E-state index contributed by atoms with van der Waals surface area (Å²) in [6.07, 6.45) is 1.90. The summed E-state index contributed by atoms with van der Waals surface area (Å²) in [5.74, 6) is 0.668. The Bertz CT molecular complexity index is 821. The van der Waals surface area contributed by atoms with Gasteiger partial charge in [-0.15, -0.1) is 11.3 Å². The molecule has 0 spiro atoms. The Kier molecular flexibility index (Phi) is 3.55. The van der Waals surface area contributed by atoms with Gasteiger partial charge in [0.1, 0.15) is 10.8 Å². The fraction of sp³-hybridized carbons (Fsp3) is 0.111. The number of nitrogens with one attached hydrogen (secondary N) is 1. The molecule has 1 aliphatic heterocycles. The molecule has 2 aromatic carbocycles. The van der Waals surface area contributed by atoms with Gasteiger partial charge in [-0.1, -0.05) is 30.3 Å². The van der Waals surface area contributed by atoms with E-state index >= 15 is 0 Å². The molecule has 1 amide bonds. The fourth-order valence-electron chi connectivity index (χ4n) is 2.65. The molecule has 4 rings (SSSR count). The van der Waals surface area contributed by atoms with Gasteiger partial charge in [0.2, 0.25) is 0 Å². The third-order valence-electron chi connectivity index (χ3n) is 3.75. The molecule has 0 saturated carbocycles. The van der Waals surface area contributed by atoms with Gasteiger partial charge in [0.05, 0.1) is 0 Å². The van der Waals surface area contributed by atoms with Crippen LogP contribution in [0.5, 0.6) is 5.75 Å². The minimum Gasteiger partial charge on any atom is -0.480 e. The molecule has 2 heterocycles. The third kappa shape index (κ3) is 2.83. The van der Waals surface area contributed by atoms with Crippen LogP contribution in [0.2, 0.25) is 0 Å². The first-order valence-corrected chi connectivity index (χ1v) is 8.23. The minimum atomic E-state index is -0.476. The molecule has 114 valence electrons. The molecule has 0 saturated heterocycles. The van der Waals surface area contributed by atoms with Crippen molar-refractivity contribution in [1.29, 1.82) is 0 Å². The Morgan fingerprint density at radius 3 is 2.96 bits per heavy atom. The molecule has 0 radical (unpaired) electrons. The van der Waals surface area contributed by atoms with E-state index in [1.54, 1.807) is 17.5 Å². The number of para-hydroxylation sites is 1. The number of hydrogen-bond acceptors (Lipinski definition) is 4. The maximum atomic E-state index is 12.4. The van der Waals surface area contributed by atoms with E-state index in [-0.39, 0.29) is 5.91 Å². The second-order valence-electron chi connectivity index (χ2n) is 5.33. The van der Waals surface area contributed by atoms with Crippen molar-refractivity contribution in [1.82, 2.24) is 4.98 Å². The monoisotopic (exact) mass is 322 g/mol. The summed E-state index contributed by atoms with van der Waals surface area (Å²) in [5, 5.41) is 5.80. The Hall–Kier alpha value is -2.66. The number of benzene rings is 2. The van der Waals surface area contributed by atoms with Crippen LogP contribution < -0.4 is 10.1 Å². The highest BCUT2D eigenvalue weighted by atomic mass is 32.1. The number of amides is 1.